The Balaban J connectivity index is 1.93. The molecule has 0 unspecified atom stereocenters. The van der Waals surface area contributed by atoms with Crippen molar-refractivity contribution in [3.05, 3.63) is 42.2 Å². The second kappa shape index (κ2) is 11.0. The smallest absolute Gasteiger partial charge is 0.303 e. The lowest BCUT2D eigenvalue weighted by molar-refractivity contribution is -0.241. The largest absolute Gasteiger partial charge is 0.481 e. The molecule has 3 atom stereocenters. The molecule has 5 nitrogen and oxygen atoms in total. The predicted octanol–water partition coefficient (Wildman–Crippen LogP) is 4.50. The summed E-state index contributed by atoms with van der Waals surface area (Å²) < 4.78 is 12.2. The highest BCUT2D eigenvalue weighted by Gasteiger charge is 2.32. The highest BCUT2D eigenvalue weighted by molar-refractivity contribution is 5.66. The van der Waals surface area contributed by atoms with Crippen LogP contribution in [-0.4, -0.2) is 29.0 Å². The lowest BCUT2D eigenvalue weighted by Gasteiger charge is -2.36. The minimum absolute atomic E-state index is 0.0294. The van der Waals surface area contributed by atoms with Crippen LogP contribution in [0, 0.1) is 5.92 Å². The maximum Gasteiger partial charge on any atom is 0.303 e. The number of carbonyl (C=O) groups is 1. The van der Waals surface area contributed by atoms with E-state index in [4.69, 9.17) is 14.6 Å². The van der Waals surface area contributed by atoms with Crippen molar-refractivity contribution in [2.24, 2.45) is 5.92 Å². The number of nitrogens with zero attached hydrogens (tertiary/aromatic N) is 1. The summed E-state index contributed by atoms with van der Waals surface area (Å²) in [6.07, 6.45) is 13.4. The number of carboxylic acid groups (broad SMARTS) is 1. The standard InChI is InChI=1S/C20H29NO4/c1-2-3-5-12-19-24-15-17(9-6-4-7-11-18(22)23)20(25-19)16-10-8-13-21-14-16/h4,6,8,10,13-14,17,19-20H,2-3,5,7,9,11-12,15H2,1H3,(H,22,23)/b6-4-/t17-,19+,20-/m1/s1. The first kappa shape index (κ1) is 19.6. The number of hydrogen-bond donors (Lipinski definition) is 1. The van der Waals surface area contributed by atoms with Gasteiger partial charge in [-0.1, -0.05) is 38.0 Å². The van der Waals surface area contributed by atoms with E-state index in [0.29, 0.717) is 13.0 Å². The van der Waals surface area contributed by atoms with E-state index in [1.165, 1.54) is 12.8 Å². The van der Waals surface area contributed by atoms with Crippen LogP contribution < -0.4 is 0 Å². The van der Waals surface area contributed by atoms with Gasteiger partial charge in [-0.05, 0) is 37.3 Å². The summed E-state index contributed by atoms with van der Waals surface area (Å²) in [5.41, 5.74) is 1.08. The van der Waals surface area contributed by atoms with Crippen LogP contribution in [0.1, 0.15) is 63.5 Å². The number of aliphatic carboxylic acids is 1. The fourth-order valence-electron chi connectivity index (χ4n) is 3.03. The molecule has 0 saturated carbocycles. The van der Waals surface area contributed by atoms with Gasteiger partial charge >= 0.3 is 5.97 Å². The van der Waals surface area contributed by atoms with Crippen LogP contribution in [0.3, 0.4) is 0 Å². The lowest BCUT2D eigenvalue weighted by atomic mass is 9.93. The minimum atomic E-state index is -0.767. The molecule has 1 aliphatic heterocycles. The summed E-state index contributed by atoms with van der Waals surface area (Å²) in [7, 11) is 0. The molecule has 0 bridgehead atoms. The zero-order valence-electron chi connectivity index (χ0n) is 15.0. The van der Waals surface area contributed by atoms with E-state index in [1.54, 1.807) is 6.20 Å². The molecule has 1 fully saturated rings. The molecule has 2 heterocycles. The van der Waals surface area contributed by atoms with Crippen molar-refractivity contribution < 1.29 is 19.4 Å². The monoisotopic (exact) mass is 347 g/mol. The number of hydrogen-bond acceptors (Lipinski definition) is 4. The van der Waals surface area contributed by atoms with Crippen LogP contribution in [0.5, 0.6) is 0 Å². The molecule has 138 valence electrons. The molecular weight excluding hydrogens is 318 g/mol. The first-order valence-electron chi connectivity index (χ1n) is 9.24. The van der Waals surface area contributed by atoms with Crippen LogP contribution in [0.4, 0.5) is 0 Å². The van der Waals surface area contributed by atoms with Crippen molar-refractivity contribution >= 4 is 5.97 Å². The Morgan fingerprint density at radius 3 is 3.00 bits per heavy atom. The van der Waals surface area contributed by atoms with Gasteiger partial charge in [0.2, 0.25) is 0 Å². The second-order valence-corrected chi connectivity index (χ2v) is 6.50. The van der Waals surface area contributed by atoms with E-state index >= 15 is 0 Å². The summed E-state index contributed by atoms with van der Waals surface area (Å²) in [6, 6.07) is 3.98. The van der Waals surface area contributed by atoms with Gasteiger partial charge in [0.15, 0.2) is 6.29 Å². The predicted molar refractivity (Wildman–Crippen MR) is 96.1 cm³/mol. The van der Waals surface area contributed by atoms with Crippen molar-refractivity contribution in [3.8, 4) is 0 Å². The van der Waals surface area contributed by atoms with Crippen LogP contribution in [0.2, 0.25) is 0 Å². The number of pyridine rings is 1. The van der Waals surface area contributed by atoms with E-state index < -0.39 is 5.97 Å². The molecule has 1 aromatic rings. The van der Waals surface area contributed by atoms with Crippen LogP contribution >= 0.6 is 0 Å². The Morgan fingerprint density at radius 2 is 2.28 bits per heavy atom. The maximum atomic E-state index is 10.6. The van der Waals surface area contributed by atoms with Crippen molar-refractivity contribution in [1.82, 2.24) is 4.98 Å². The third kappa shape index (κ3) is 6.96. The quantitative estimate of drug-likeness (QED) is 0.498. The topological polar surface area (TPSA) is 68.7 Å². The number of carboxylic acids is 1. The van der Waals surface area contributed by atoms with E-state index in [1.807, 2.05) is 30.5 Å². The number of ether oxygens (including phenoxy) is 2. The molecule has 0 aliphatic carbocycles. The van der Waals surface area contributed by atoms with E-state index in [9.17, 15) is 4.79 Å². The highest BCUT2D eigenvalue weighted by atomic mass is 16.7. The molecule has 0 radical (unpaired) electrons. The van der Waals surface area contributed by atoms with Crippen LogP contribution in [-0.2, 0) is 14.3 Å². The SMILES string of the molecule is CCCCC[C@H]1OC[C@@H](C/C=C\CCC(=O)O)[C@@H](c2cccnc2)O1. The molecule has 0 spiro atoms. The number of unbranched alkanes of at least 4 members (excludes halogenated alkanes) is 2. The molecule has 0 aromatic carbocycles. The molecule has 5 heteroatoms. The Bertz CT molecular complexity index is 532. The van der Waals surface area contributed by atoms with Gasteiger partial charge in [-0.25, -0.2) is 0 Å². The van der Waals surface area contributed by atoms with Crippen molar-refractivity contribution in [2.45, 2.75) is 64.3 Å². The Morgan fingerprint density at radius 1 is 1.40 bits per heavy atom. The van der Waals surface area contributed by atoms with Gasteiger partial charge in [0, 0.05) is 24.7 Å². The maximum absolute atomic E-state index is 10.6. The Labute approximate surface area is 150 Å². The fourth-order valence-corrected chi connectivity index (χ4v) is 3.03. The average Bonchev–Trinajstić information content (AvgIpc) is 2.63. The Hall–Kier alpha value is -1.72. The zero-order chi connectivity index (χ0) is 17.9. The molecular formula is C20H29NO4. The molecule has 25 heavy (non-hydrogen) atoms. The van der Waals surface area contributed by atoms with Gasteiger partial charge in [0.1, 0.15) is 0 Å². The number of rotatable bonds is 10. The van der Waals surface area contributed by atoms with Gasteiger partial charge in [-0.2, -0.15) is 0 Å². The third-order valence-corrected chi connectivity index (χ3v) is 4.41. The van der Waals surface area contributed by atoms with Crippen molar-refractivity contribution in [2.75, 3.05) is 6.61 Å². The molecule has 1 aliphatic rings. The number of aromatic nitrogens is 1. The van der Waals surface area contributed by atoms with E-state index in [-0.39, 0.29) is 24.7 Å². The summed E-state index contributed by atoms with van der Waals surface area (Å²) in [5, 5.41) is 8.69. The summed E-state index contributed by atoms with van der Waals surface area (Å²) in [5.74, 6) is -0.551. The minimum Gasteiger partial charge on any atom is -0.481 e. The van der Waals surface area contributed by atoms with Gasteiger partial charge in [0.05, 0.1) is 12.7 Å². The highest BCUT2D eigenvalue weighted by Crippen LogP contribution is 2.35. The van der Waals surface area contributed by atoms with Gasteiger partial charge < -0.3 is 14.6 Å². The summed E-state index contributed by atoms with van der Waals surface area (Å²) in [6.45, 7) is 2.84. The average molecular weight is 347 g/mol. The molecule has 1 N–H and O–H groups in total. The lowest BCUT2D eigenvalue weighted by Crippen LogP contribution is -2.34. The Kier molecular flexibility index (Phi) is 8.63. The van der Waals surface area contributed by atoms with Crippen LogP contribution in [0.15, 0.2) is 36.7 Å². The normalized spacial score (nSPS) is 23.8. The molecule has 1 saturated heterocycles. The van der Waals surface area contributed by atoms with Crippen molar-refractivity contribution in [3.63, 3.8) is 0 Å². The molecule has 1 aromatic heterocycles. The van der Waals surface area contributed by atoms with Gasteiger partial charge in [-0.3, -0.25) is 9.78 Å². The summed E-state index contributed by atoms with van der Waals surface area (Å²) in [4.78, 5) is 14.8. The van der Waals surface area contributed by atoms with Crippen LogP contribution in [0.25, 0.3) is 0 Å². The van der Waals surface area contributed by atoms with Crippen molar-refractivity contribution in [1.29, 1.82) is 0 Å². The fraction of sp³-hybridized carbons (Fsp3) is 0.600. The molecule has 0 amide bonds. The third-order valence-electron chi connectivity index (χ3n) is 4.41. The second-order valence-electron chi connectivity index (χ2n) is 6.50. The van der Waals surface area contributed by atoms with Gasteiger partial charge in [-0.15, -0.1) is 0 Å². The molecule has 2 rings (SSSR count). The van der Waals surface area contributed by atoms with E-state index in [2.05, 4.69) is 11.9 Å². The number of allylic oxidation sites excluding steroid dienone is 2. The zero-order valence-corrected chi connectivity index (χ0v) is 15.0. The first-order chi connectivity index (χ1) is 12.2. The van der Waals surface area contributed by atoms with E-state index in [0.717, 1.165) is 24.8 Å². The summed E-state index contributed by atoms with van der Waals surface area (Å²) >= 11 is 0. The first-order valence-corrected chi connectivity index (χ1v) is 9.24. The van der Waals surface area contributed by atoms with Gasteiger partial charge in [0.25, 0.3) is 0 Å².